The van der Waals surface area contributed by atoms with Crippen LogP contribution >= 0.6 is 0 Å². The Morgan fingerprint density at radius 3 is 1.78 bits per heavy atom. The van der Waals surface area contributed by atoms with Gasteiger partial charge in [-0.15, -0.1) is 0 Å². The second-order valence-corrected chi connectivity index (χ2v) is 4.98. The van der Waals surface area contributed by atoms with Crippen molar-refractivity contribution in [2.45, 2.75) is 5.97 Å². The van der Waals surface area contributed by atoms with Gasteiger partial charge in [0.2, 0.25) is 0 Å². The van der Waals surface area contributed by atoms with E-state index >= 15 is 0 Å². The first-order chi connectivity index (χ1) is 10.8. The van der Waals surface area contributed by atoms with E-state index in [2.05, 4.69) is 4.74 Å². The van der Waals surface area contributed by atoms with E-state index in [1.54, 1.807) is 26.4 Å². The summed E-state index contributed by atoms with van der Waals surface area (Å²) < 4.78 is 4.25. The van der Waals surface area contributed by atoms with Gasteiger partial charge in [0.25, 0.3) is 0 Å². The molecule has 0 aliphatic heterocycles. The molecule has 0 bridgehead atoms. The smallest absolute Gasteiger partial charge is 0.305 e. The quantitative estimate of drug-likeness (QED) is 0.574. The van der Waals surface area contributed by atoms with E-state index in [-0.39, 0.29) is 28.0 Å². The minimum absolute atomic E-state index is 0.0488. The molecule has 23 heavy (non-hydrogen) atoms. The number of ketones is 2. The van der Waals surface area contributed by atoms with Crippen LogP contribution in [-0.2, 0) is 10.7 Å². The Hall–Kier alpha value is -2.38. The molecule has 0 aromatic heterocycles. The van der Waals surface area contributed by atoms with Crippen LogP contribution in [0.4, 0.5) is 0 Å². The number of methoxy groups -OCH3 is 1. The number of carbonyl (C=O) groups is 2. The van der Waals surface area contributed by atoms with Gasteiger partial charge in [0, 0.05) is 36.5 Å². The Labute approximate surface area is 132 Å². The van der Waals surface area contributed by atoms with Crippen LogP contribution in [0.3, 0.4) is 0 Å². The second-order valence-electron chi connectivity index (χ2n) is 4.98. The van der Waals surface area contributed by atoms with Crippen molar-refractivity contribution in [2.75, 3.05) is 14.2 Å². The van der Waals surface area contributed by atoms with E-state index in [9.17, 15) is 24.9 Å². The van der Waals surface area contributed by atoms with Gasteiger partial charge in [-0.1, -0.05) is 42.5 Å². The number of aliphatic hydroxyl groups is 3. The van der Waals surface area contributed by atoms with Crippen molar-refractivity contribution in [1.29, 1.82) is 0 Å². The minimum atomic E-state index is -3.17. The first kappa shape index (κ1) is 17.0. The maximum Gasteiger partial charge on any atom is 0.305 e. The van der Waals surface area contributed by atoms with E-state index < -0.39 is 17.3 Å². The molecule has 0 saturated carbocycles. The predicted octanol–water partition coefficient (Wildman–Crippen LogP) is 0.812. The highest BCUT2D eigenvalue weighted by Gasteiger charge is 2.36. The number of hydrogen-bond acceptors (Lipinski definition) is 6. The van der Waals surface area contributed by atoms with Gasteiger partial charge in [-0.3, -0.25) is 9.59 Å². The maximum absolute atomic E-state index is 12.4. The van der Waals surface area contributed by atoms with Crippen molar-refractivity contribution in [1.82, 2.24) is 0 Å². The number of fused-ring (bicyclic) bond motifs is 2. The van der Waals surface area contributed by atoms with E-state index in [0.29, 0.717) is 0 Å². The third-order valence-corrected chi connectivity index (χ3v) is 3.31. The van der Waals surface area contributed by atoms with Crippen LogP contribution in [-0.4, -0.2) is 41.1 Å². The predicted molar refractivity (Wildman–Crippen MR) is 81.0 cm³/mol. The molecule has 1 aliphatic carbocycles. The average Bonchev–Trinajstić information content (AvgIpc) is 2.52. The third kappa shape index (κ3) is 3.06. The zero-order valence-corrected chi connectivity index (χ0v) is 12.6. The highest BCUT2D eigenvalue weighted by molar-refractivity contribution is 6.28. The zero-order valence-electron chi connectivity index (χ0n) is 12.6. The van der Waals surface area contributed by atoms with Crippen molar-refractivity contribution in [3.8, 4) is 0 Å². The summed E-state index contributed by atoms with van der Waals surface area (Å²) in [5.41, 5.74) is -0.0810. The summed E-state index contributed by atoms with van der Waals surface area (Å²) in [5, 5.41) is 28.0. The summed E-state index contributed by atoms with van der Waals surface area (Å²) in [5.74, 6) is -4.08. The molecule has 2 aromatic rings. The van der Waals surface area contributed by atoms with Crippen LogP contribution < -0.4 is 0 Å². The number of hydrogen-bond donors (Lipinski definition) is 3. The second kappa shape index (κ2) is 6.39. The molecule has 2 aromatic carbocycles. The first-order valence-corrected chi connectivity index (χ1v) is 6.72. The van der Waals surface area contributed by atoms with Crippen LogP contribution in [0.1, 0.15) is 37.4 Å². The van der Waals surface area contributed by atoms with Crippen LogP contribution in [0, 0.1) is 0 Å². The summed E-state index contributed by atoms with van der Waals surface area (Å²) in [6, 6.07) is 10.3. The number of benzene rings is 2. The molecule has 1 aliphatic rings. The minimum Gasteiger partial charge on any atom is -0.388 e. The molecule has 120 valence electrons. The van der Waals surface area contributed by atoms with Crippen LogP contribution in [0.2, 0.25) is 0 Å². The fourth-order valence-corrected chi connectivity index (χ4v) is 2.42. The molecular weight excluding hydrogens is 300 g/mol. The summed E-state index contributed by atoms with van der Waals surface area (Å²) in [7, 11) is 3.25. The number of ether oxygens (including phenoxy) is 1. The van der Waals surface area contributed by atoms with Gasteiger partial charge in [-0.2, -0.15) is 0 Å². The van der Waals surface area contributed by atoms with Crippen molar-refractivity contribution in [3.63, 3.8) is 0 Å². The van der Waals surface area contributed by atoms with E-state index in [1.165, 1.54) is 30.3 Å². The van der Waals surface area contributed by atoms with Gasteiger partial charge in [0.15, 0.2) is 11.6 Å². The monoisotopic (exact) mass is 316 g/mol. The average molecular weight is 316 g/mol. The van der Waals surface area contributed by atoms with Crippen LogP contribution in [0.5, 0.6) is 0 Å². The third-order valence-electron chi connectivity index (χ3n) is 3.31. The SMILES string of the molecule is COC.O=C1c2ccccc2C(=O)c2c1cccc2C(O)(O)O. The van der Waals surface area contributed by atoms with Gasteiger partial charge in [-0.05, 0) is 0 Å². The molecule has 3 N–H and O–H groups in total. The molecule has 0 unspecified atom stereocenters. The highest BCUT2D eigenvalue weighted by Crippen LogP contribution is 2.32. The van der Waals surface area contributed by atoms with Crippen LogP contribution in [0.15, 0.2) is 42.5 Å². The van der Waals surface area contributed by atoms with Crippen LogP contribution in [0.25, 0.3) is 0 Å². The van der Waals surface area contributed by atoms with Gasteiger partial charge in [-0.25, -0.2) is 0 Å². The van der Waals surface area contributed by atoms with E-state index in [4.69, 9.17) is 0 Å². The zero-order chi connectivity index (χ0) is 17.2. The fourth-order valence-electron chi connectivity index (χ4n) is 2.42. The molecule has 0 radical (unpaired) electrons. The molecule has 0 atom stereocenters. The number of carbonyl (C=O) groups excluding carboxylic acids is 2. The Kier molecular flexibility index (Phi) is 4.72. The summed E-state index contributed by atoms with van der Waals surface area (Å²) in [6.07, 6.45) is 0. The van der Waals surface area contributed by atoms with Gasteiger partial charge < -0.3 is 20.1 Å². The molecule has 6 heteroatoms. The lowest BCUT2D eigenvalue weighted by atomic mass is 9.81. The Morgan fingerprint density at radius 1 is 0.783 bits per heavy atom. The van der Waals surface area contributed by atoms with Crippen molar-refractivity contribution >= 4 is 11.6 Å². The molecular formula is C17H16O6. The largest absolute Gasteiger partial charge is 0.388 e. The lowest BCUT2D eigenvalue weighted by molar-refractivity contribution is -0.324. The van der Waals surface area contributed by atoms with Crippen molar-refractivity contribution < 1.29 is 29.6 Å². The lowest BCUT2D eigenvalue weighted by Gasteiger charge is -2.23. The van der Waals surface area contributed by atoms with Gasteiger partial charge >= 0.3 is 5.97 Å². The topological polar surface area (TPSA) is 104 Å². The van der Waals surface area contributed by atoms with E-state index in [1.807, 2.05) is 0 Å². The Morgan fingerprint density at radius 2 is 1.26 bits per heavy atom. The highest BCUT2D eigenvalue weighted by atomic mass is 16.7. The van der Waals surface area contributed by atoms with E-state index in [0.717, 1.165) is 0 Å². The van der Waals surface area contributed by atoms with Crippen molar-refractivity contribution in [2.24, 2.45) is 0 Å². The van der Waals surface area contributed by atoms with Gasteiger partial charge in [0.05, 0.1) is 5.56 Å². The summed E-state index contributed by atoms with van der Waals surface area (Å²) in [6.45, 7) is 0. The normalized spacial score (nSPS) is 12.9. The van der Waals surface area contributed by atoms with Gasteiger partial charge in [0.1, 0.15) is 0 Å². The molecule has 0 heterocycles. The van der Waals surface area contributed by atoms with Crippen molar-refractivity contribution in [3.05, 3.63) is 70.3 Å². The molecule has 0 saturated heterocycles. The summed E-state index contributed by atoms with van der Waals surface area (Å²) in [4.78, 5) is 24.8. The Balaban J connectivity index is 0.000000595. The molecule has 0 spiro atoms. The fraction of sp³-hybridized carbons (Fsp3) is 0.176. The number of rotatable bonds is 1. The molecule has 6 nitrogen and oxygen atoms in total. The standard InChI is InChI=1S/C15H10O5.C2H6O/c16-13-8-4-1-2-5-9(8)14(17)12-10(13)6-3-7-11(12)15(18,19)20;1-3-2/h1-7,18-20H;1-2H3. The molecule has 3 rings (SSSR count). The Bertz CT molecular complexity index is 758. The first-order valence-electron chi connectivity index (χ1n) is 6.72. The lowest BCUT2D eigenvalue weighted by Crippen LogP contribution is -2.31. The summed E-state index contributed by atoms with van der Waals surface area (Å²) >= 11 is 0. The maximum atomic E-state index is 12.4. The molecule has 0 fully saturated rings. The molecule has 0 amide bonds.